The second-order valence-electron chi connectivity index (χ2n) is 6.90. The molecule has 1 fully saturated rings. The number of rotatable bonds is 6. The SMILES string of the molecule is Cc1cc(C(=O)CSCc2cc(Cl)c3c(c2)OCCO3)c(C)n1C1CC1. The van der Waals surface area contributed by atoms with Crippen molar-refractivity contribution in [1.29, 1.82) is 0 Å². The van der Waals surface area contributed by atoms with Gasteiger partial charge in [0, 0.05) is 28.7 Å². The number of hydrogen-bond donors (Lipinski definition) is 0. The lowest BCUT2D eigenvalue weighted by molar-refractivity contribution is 0.102. The summed E-state index contributed by atoms with van der Waals surface area (Å²) in [6.45, 7) is 5.21. The summed E-state index contributed by atoms with van der Waals surface area (Å²) in [5, 5.41) is 0.567. The Morgan fingerprint density at radius 2 is 2.00 bits per heavy atom. The van der Waals surface area contributed by atoms with E-state index in [0.717, 1.165) is 16.8 Å². The van der Waals surface area contributed by atoms with Gasteiger partial charge in [-0.2, -0.15) is 0 Å². The molecule has 0 bridgehead atoms. The number of aryl methyl sites for hydroxylation is 1. The molecule has 1 saturated carbocycles. The van der Waals surface area contributed by atoms with Crippen molar-refractivity contribution < 1.29 is 14.3 Å². The molecule has 0 amide bonds. The van der Waals surface area contributed by atoms with Crippen molar-refractivity contribution in [2.75, 3.05) is 19.0 Å². The van der Waals surface area contributed by atoms with Crippen molar-refractivity contribution in [2.45, 2.75) is 38.5 Å². The molecular weight excluding hydrogens is 370 g/mol. The smallest absolute Gasteiger partial charge is 0.179 e. The molecule has 0 unspecified atom stereocenters. The van der Waals surface area contributed by atoms with Crippen molar-refractivity contribution in [3.05, 3.63) is 45.7 Å². The second-order valence-corrected chi connectivity index (χ2v) is 8.30. The highest BCUT2D eigenvalue weighted by atomic mass is 35.5. The number of nitrogens with zero attached hydrogens (tertiary/aromatic N) is 1. The van der Waals surface area contributed by atoms with Crippen LogP contribution in [0.1, 0.15) is 46.2 Å². The minimum Gasteiger partial charge on any atom is -0.486 e. The number of Topliss-reactive ketones (excluding diaryl/α,β-unsaturated/α-hetero) is 1. The van der Waals surface area contributed by atoms with Gasteiger partial charge in [-0.25, -0.2) is 0 Å². The third-order valence-electron chi connectivity index (χ3n) is 4.86. The predicted molar refractivity (Wildman–Crippen MR) is 105 cm³/mol. The fourth-order valence-electron chi connectivity index (χ4n) is 3.54. The molecule has 0 atom stereocenters. The minimum absolute atomic E-state index is 0.193. The molecule has 1 aliphatic carbocycles. The molecular formula is C20H22ClNO3S. The van der Waals surface area contributed by atoms with Crippen molar-refractivity contribution in [3.8, 4) is 11.5 Å². The summed E-state index contributed by atoms with van der Waals surface area (Å²) in [5.41, 5.74) is 4.21. The monoisotopic (exact) mass is 391 g/mol. The highest BCUT2D eigenvalue weighted by Crippen LogP contribution is 2.40. The lowest BCUT2D eigenvalue weighted by atomic mass is 10.2. The number of carbonyl (C=O) groups excluding carboxylic acids is 1. The van der Waals surface area contributed by atoms with Gasteiger partial charge in [0.1, 0.15) is 13.2 Å². The number of halogens is 1. The minimum atomic E-state index is 0.193. The van der Waals surface area contributed by atoms with Gasteiger partial charge in [-0.3, -0.25) is 4.79 Å². The molecule has 1 aromatic carbocycles. The fourth-order valence-corrected chi connectivity index (χ4v) is 4.67. The van der Waals surface area contributed by atoms with Gasteiger partial charge < -0.3 is 14.0 Å². The third-order valence-corrected chi connectivity index (χ3v) is 6.14. The first-order valence-corrected chi connectivity index (χ1v) is 10.4. The van der Waals surface area contributed by atoms with Crippen molar-refractivity contribution in [2.24, 2.45) is 0 Å². The molecule has 6 heteroatoms. The van der Waals surface area contributed by atoms with Gasteiger partial charge in [-0.15, -0.1) is 11.8 Å². The zero-order valence-electron chi connectivity index (χ0n) is 15.0. The molecule has 4 rings (SSSR count). The van der Waals surface area contributed by atoms with E-state index in [0.29, 0.717) is 47.3 Å². The summed E-state index contributed by atoms with van der Waals surface area (Å²) in [5.74, 6) is 2.68. The molecule has 138 valence electrons. The average Bonchev–Trinajstić information content (AvgIpc) is 3.40. The van der Waals surface area contributed by atoms with Gasteiger partial charge >= 0.3 is 0 Å². The summed E-state index contributed by atoms with van der Waals surface area (Å²) in [6, 6.07) is 6.49. The van der Waals surface area contributed by atoms with Gasteiger partial charge in [0.15, 0.2) is 17.3 Å². The quantitative estimate of drug-likeness (QED) is 0.651. The van der Waals surface area contributed by atoms with E-state index >= 15 is 0 Å². The summed E-state index contributed by atoms with van der Waals surface area (Å²) in [7, 11) is 0. The highest BCUT2D eigenvalue weighted by molar-refractivity contribution is 7.99. The maximum atomic E-state index is 12.7. The van der Waals surface area contributed by atoms with Gasteiger partial charge in [-0.1, -0.05) is 11.6 Å². The van der Waals surface area contributed by atoms with E-state index in [-0.39, 0.29) is 5.78 Å². The van der Waals surface area contributed by atoms with Crippen LogP contribution in [0.25, 0.3) is 0 Å². The maximum Gasteiger partial charge on any atom is 0.179 e. The zero-order chi connectivity index (χ0) is 18.3. The van der Waals surface area contributed by atoms with Crippen LogP contribution in [0.5, 0.6) is 11.5 Å². The summed E-state index contributed by atoms with van der Waals surface area (Å²) < 4.78 is 13.5. The van der Waals surface area contributed by atoms with Gasteiger partial charge in [-0.05, 0) is 50.5 Å². The molecule has 2 aliphatic rings. The predicted octanol–water partition coefficient (Wildman–Crippen LogP) is 4.98. The van der Waals surface area contributed by atoms with Crippen molar-refractivity contribution >= 4 is 29.1 Å². The number of carbonyl (C=O) groups is 1. The zero-order valence-corrected chi connectivity index (χ0v) is 16.6. The van der Waals surface area contributed by atoms with E-state index in [1.165, 1.54) is 18.5 Å². The summed E-state index contributed by atoms with van der Waals surface area (Å²) in [6.07, 6.45) is 2.45. The number of thioether (sulfide) groups is 1. The lowest BCUT2D eigenvalue weighted by Gasteiger charge is -2.20. The Labute approximate surface area is 162 Å². The van der Waals surface area contributed by atoms with Crippen LogP contribution in [-0.4, -0.2) is 29.3 Å². The van der Waals surface area contributed by atoms with E-state index in [1.54, 1.807) is 11.8 Å². The Bertz CT molecular complexity index is 857. The first kappa shape index (κ1) is 17.8. The van der Waals surface area contributed by atoms with E-state index < -0.39 is 0 Å². The summed E-state index contributed by atoms with van der Waals surface area (Å²) >= 11 is 7.88. The Hall–Kier alpha value is -1.59. The van der Waals surface area contributed by atoms with Crippen molar-refractivity contribution in [3.63, 3.8) is 0 Å². The molecule has 0 saturated heterocycles. The molecule has 2 heterocycles. The Balaban J connectivity index is 1.40. The lowest BCUT2D eigenvalue weighted by Crippen LogP contribution is -2.15. The first-order valence-electron chi connectivity index (χ1n) is 8.92. The molecule has 26 heavy (non-hydrogen) atoms. The Kier molecular flexibility index (Phi) is 4.93. The Morgan fingerprint density at radius 1 is 1.23 bits per heavy atom. The molecule has 2 aromatic rings. The number of ketones is 1. The van der Waals surface area contributed by atoms with Gasteiger partial charge in [0.2, 0.25) is 0 Å². The maximum absolute atomic E-state index is 12.7. The summed E-state index contributed by atoms with van der Waals surface area (Å²) in [4.78, 5) is 12.7. The number of aromatic nitrogens is 1. The number of fused-ring (bicyclic) bond motifs is 1. The first-order chi connectivity index (χ1) is 12.5. The van der Waals surface area contributed by atoms with Crippen LogP contribution >= 0.6 is 23.4 Å². The van der Waals surface area contributed by atoms with Crippen LogP contribution < -0.4 is 9.47 Å². The standard InChI is InChI=1S/C20H22ClNO3S/c1-12-7-16(13(2)22(12)15-3-4-15)18(23)11-26-10-14-8-17(21)20-19(9-14)24-5-6-25-20/h7-9,15H,3-6,10-11H2,1-2H3. The molecule has 0 radical (unpaired) electrons. The van der Waals surface area contributed by atoms with Crippen LogP contribution in [0.4, 0.5) is 0 Å². The van der Waals surface area contributed by atoms with Crippen LogP contribution in [0, 0.1) is 13.8 Å². The molecule has 0 N–H and O–H groups in total. The number of ether oxygens (including phenoxy) is 2. The fraction of sp³-hybridized carbons (Fsp3) is 0.450. The molecule has 1 aliphatic heterocycles. The van der Waals surface area contributed by atoms with Crippen LogP contribution in [0.15, 0.2) is 18.2 Å². The average molecular weight is 392 g/mol. The second kappa shape index (κ2) is 7.20. The largest absolute Gasteiger partial charge is 0.486 e. The van der Waals surface area contributed by atoms with E-state index in [4.69, 9.17) is 21.1 Å². The van der Waals surface area contributed by atoms with E-state index in [9.17, 15) is 4.79 Å². The molecule has 1 aromatic heterocycles. The molecule has 4 nitrogen and oxygen atoms in total. The van der Waals surface area contributed by atoms with Crippen LogP contribution in [-0.2, 0) is 5.75 Å². The van der Waals surface area contributed by atoms with Crippen molar-refractivity contribution in [1.82, 2.24) is 4.57 Å². The Morgan fingerprint density at radius 3 is 2.77 bits per heavy atom. The highest BCUT2D eigenvalue weighted by Gasteiger charge is 2.28. The molecule has 0 spiro atoms. The third kappa shape index (κ3) is 3.47. The van der Waals surface area contributed by atoms with Crippen LogP contribution in [0.2, 0.25) is 5.02 Å². The number of hydrogen-bond acceptors (Lipinski definition) is 4. The van der Waals surface area contributed by atoms with E-state index in [1.807, 2.05) is 18.2 Å². The number of benzene rings is 1. The van der Waals surface area contributed by atoms with Crippen LogP contribution in [0.3, 0.4) is 0 Å². The van der Waals surface area contributed by atoms with Gasteiger partial charge in [0.25, 0.3) is 0 Å². The topological polar surface area (TPSA) is 40.5 Å². The van der Waals surface area contributed by atoms with E-state index in [2.05, 4.69) is 18.4 Å². The van der Waals surface area contributed by atoms with Gasteiger partial charge in [0.05, 0.1) is 10.8 Å². The normalized spacial score (nSPS) is 16.0.